The Kier molecular flexibility index (Phi) is 4.18. The van der Waals surface area contributed by atoms with Gasteiger partial charge in [-0.1, -0.05) is 6.92 Å². The van der Waals surface area contributed by atoms with Crippen molar-refractivity contribution in [2.75, 3.05) is 19.6 Å². The summed E-state index contributed by atoms with van der Waals surface area (Å²) >= 11 is 6.38. The fourth-order valence-electron chi connectivity index (χ4n) is 3.27. The van der Waals surface area contributed by atoms with Gasteiger partial charge >= 0.3 is 0 Å². The molecule has 2 atom stereocenters. The number of hydrogen-bond donors (Lipinski definition) is 0. The number of aromatic nitrogens is 3. The van der Waals surface area contributed by atoms with E-state index in [4.69, 9.17) is 16.6 Å². The minimum Gasteiger partial charge on any atom is -0.307 e. The first-order valence-electron chi connectivity index (χ1n) is 7.81. The molecule has 3 rings (SSSR count). The van der Waals surface area contributed by atoms with Crippen molar-refractivity contribution in [3.05, 3.63) is 23.7 Å². The van der Waals surface area contributed by atoms with Gasteiger partial charge in [-0.15, -0.1) is 11.6 Å². The average molecular weight is 307 g/mol. The smallest absolute Gasteiger partial charge is 0.160 e. The third-order valence-electron chi connectivity index (χ3n) is 4.34. The summed E-state index contributed by atoms with van der Waals surface area (Å²) in [7, 11) is 0. The monoisotopic (exact) mass is 306 g/mol. The highest BCUT2D eigenvalue weighted by atomic mass is 35.5. The highest BCUT2D eigenvalue weighted by Gasteiger charge is 2.26. The summed E-state index contributed by atoms with van der Waals surface area (Å²) in [4.78, 5) is 11.9. The molecule has 4 nitrogen and oxygen atoms in total. The van der Waals surface area contributed by atoms with Gasteiger partial charge in [0.05, 0.1) is 5.38 Å². The van der Waals surface area contributed by atoms with E-state index in [2.05, 4.69) is 34.4 Å². The summed E-state index contributed by atoms with van der Waals surface area (Å²) < 4.78 is 2.29. The van der Waals surface area contributed by atoms with Gasteiger partial charge in [-0.05, 0) is 51.4 Å². The fourth-order valence-corrected chi connectivity index (χ4v) is 3.42. The lowest BCUT2D eigenvalue weighted by Crippen LogP contribution is -2.36. The number of likely N-dealkylation sites (tertiary alicyclic amines) is 1. The highest BCUT2D eigenvalue weighted by Crippen LogP contribution is 2.31. The molecule has 5 heteroatoms. The molecule has 2 unspecified atom stereocenters. The van der Waals surface area contributed by atoms with Crippen LogP contribution in [0.15, 0.2) is 12.3 Å². The summed E-state index contributed by atoms with van der Waals surface area (Å²) in [6, 6.07) is 2.53. The zero-order valence-corrected chi connectivity index (χ0v) is 13.8. The van der Waals surface area contributed by atoms with E-state index in [-0.39, 0.29) is 5.38 Å². The van der Waals surface area contributed by atoms with Gasteiger partial charge in [0, 0.05) is 18.8 Å². The van der Waals surface area contributed by atoms with Gasteiger partial charge in [-0.3, -0.25) is 0 Å². The van der Waals surface area contributed by atoms with E-state index in [1.165, 1.54) is 19.4 Å². The topological polar surface area (TPSA) is 34.0 Å². The minimum atomic E-state index is -0.100. The molecular weight excluding hydrogens is 284 g/mol. The number of nitrogens with zero attached hydrogens (tertiary/aromatic N) is 4. The third kappa shape index (κ3) is 2.79. The van der Waals surface area contributed by atoms with Gasteiger partial charge in [0.25, 0.3) is 0 Å². The van der Waals surface area contributed by atoms with Crippen molar-refractivity contribution in [2.45, 2.75) is 45.0 Å². The number of alkyl halides is 1. The molecule has 0 aromatic carbocycles. The zero-order valence-electron chi connectivity index (χ0n) is 13.0. The van der Waals surface area contributed by atoms with E-state index in [0.717, 1.165) is 35.6 Å². The third-order valence-corrected chi connectivity index (χ3v) is 4.54. The number of piperidine rings is 1. The molecule has 0 aliphatic carbocycles. The van der Waals surface area contributed by atoms with Gasteiger partial charge in [-0.2, -0.15) is 0 Å². The Morgan fingerprint density at radius 2 is 2.29 bits per heavy atom. The molecule has 0 bridgehead atoms. The predicted octanol–water partition coefficient (Wildman–Crippen LogP) is 3.70. The molecule has 0 spiro atoms. The molecule has 0 saturated carbocycles. The van der Waals surface area contributed by atoms with Crippen LogP contribution in [0.25, 0.3) is 11.2 Å². The van der Waals surface area contributed by atoms with E-state index in [9.17, 15) is 0 Å². The Hall–Kier alpha value is -1.13. The van der Waals surface area contributed by atoms with Gasteiger partial charge in [0.1, 0.15) is 11.3 Å². The van der Waals surface area contributed by atoms with Crippen LogP contribution in [0.2, 0.25) is 0 Å². The molecule has 0 amide bonds. The molecule has 1 saturated heterocycles. The number of halogens is 1. The first kappa shape index (κ1) is 14.8. The average Bonchev–Trinajstić information content (AvgIpc) is 2.86. The Morgan fingerprint density at radius 3 is 3.00 bits per heavy atom. The molecular formula is C16H23ClN4. The largest absolute Gasteiger partial charge is 0.307 e. The van der Waals surface area contributed by atoms with Crippen LogP contribution < -0.4 is 0 Å². The number of hydrogen-bond acceptors (Lipinski definition) is 3. The quantitative estimate of drug-likeness (QED) is 0.811. The molecule has 1 aliphatic rings. The number of imidazole rings is 1. The van der Waals surface area contributed by atoms with Crippen molar-refractivity contribution in [1.29, 1.82) is 0 Å². The van der Waals surface area contributed by atoms with Crippen LogP contribution in [-0.2, 0) is 0 Å². The summed E-state index contributed by atoms with van der Waals surface area (Å²) in [6.07, 6.45) is 4.32. The van der Waals surface area contributed by atoms with Crippen molar-refractivity contribution in [2.24, 2.45) is 0 Å². The Balaban J connectivity index is 2.08. The number of likely N-dealkylation sites (N-methyl/N-ethyl adjacent to an activating group) is 1. The summed E-state index contributed by atoms with van der Waals surface area (Å²) in [5, 5.41) is -0.100. The van der Waals surface area contributed by atoms with Crippen molar-refractivity contribution < 1.29 is 0 Å². The molecule has 21 heavy (non-hydrogen) atoms. The second kappa shape index (κ2) is 5.93. The Bertz CT molecular complexity index is 634. The van der Waals surface area contributed by atoms with E-state index in [1.807, 2.05) is 13.1 Å². The van der Waals surface area contributed by atoms with Crippen molar-refractivity contribution >= 4 is 22.8 Å². The number of fused-ring (bicyclic) bond motifs is 1. The van der Waals surface area contributed by atoms with Gasteiger partial charge < -0.3 is 9.47 Å². The van der Waals surface area contributed by atoms with Gasteiger partial charge in [0.2, 0.25) is 0 Å². The molecule has 0 N–H and O–H groups in total. The lowest BCUT2D eigenvalue weighted by molar-refractivity contribution is 0.185. The number of aryl methyl sites for hydroxylation is 1. The second-order valence-corrected chi connectivity index (χ2v) is 6.66. The summed E-state index contributed by atoms with van der Waals surface area (Å²) in [5.41, 5.74) is 3.08. The minimum absolute atomic E-state index is 0.100. The van der Waals surface area contributed by atoms with E-state index in [1.54, 1.807) is 0 Å². The van der Waals surface area contributed by atoms with Crippen LogP contribution in [0.4, 0.5) is 0 Å². The van der Waals surface area contributed by atoms with Crippen LogP contribution in [0.3, 0.4) is 0 Å². The first-order chi connectivity index (χ1) is 10.1. The van der Waals surface area contributed by atoms with E-state index in [0.29, 0.717) is 6.04 Å². The summed E-state index contributed by atoms with van der Waals surface area (Å²) in [6.45, 7) is 9.62. The maximum atomic E-state index is 6.38. The van der Waals surface area contributed by atoms with E-state index < -0.39 is 0 Å². The second-order valence-electron chi connectivity index (χ2n) is 6.00. The van der Waals surface area contributed by atoms with Gasteiger partial charge in [0.15, 0.2) is 5.65 Å². The molecule has 1 aliphatic heterocycles. The van der Waals surface area contributed by atoms with E-state index >= 15 is 0 Å². The van der Waals surface area contributed by atoms with Crippen molar-refractivity contribution in [1.82, 2.24) is 19.4 Å². The van der Waals surface area contributed by atoms with Crippen LogP contribution in [0.1, 0.15) is 49.5 Å². The van der Waals surface area contributed by atoms with Crippen LogP contribution in [-0.4, -0.2) is 39.1 Å². The standard InChI is InChI=1S/C16H23ClN4/c1-4-20-7-5-6-13(10-20)21-15(12(3)17)19-14-8-11(2)9-18-16(14)21/h8-9,12-13H,4-7,10H2,1-3H3. The molecule has 3 heterocycles. The zero-order chi connectivity index (χ0) is 15.0. The normalized spacial score (nSPS) is 21.8. The lowest BCUT2D eigenvalue weighted by Gasteiger charge is -2.33. The van der Waals surface area contributed by atoms with Crippen LogP contribution in [0.5, 0.6) is 0 Å². The molecule has 2 aromatic heterocycles. The number of rotatable bonds is 3. The highest BCUT2D eigenvalue weighted by molar-refractivity contribution is 6.20. The molecule has 1 fully saturated rings. The maximum Gasteiger partial charge on any atom is 0.160 e. The fraction of sp³-hybridized carbons (Fsp3) is 0.625. The SMILES string of the molecule is CCN1CCCC(n2c(C(C)Cl)nc3cc(C)cnc32)C1. The Labute approximate surface area is 131 Å². The predicted molar refractivity (Wildman–Crippen MR) is 86.9 cm³/mol. The van der Waals surface area contributed by atoms with Crippen molar-refractivity contribution in [3.8, 4) is 0 Å². The maximum absolute atomic E-state index is 6.38. The summed E-state index contributed by atoms with van der Waals surface area (Å²) in [5.74, 6) is 0.952. The molecule has 114 valence electrons. The molecule has 2 aromatic rings. The van der Waals surface area contributed by atoms with Crippen LogP contribution in [0, 0.1) is 6.92 Å². The van der Waals surface area contributed by atoms with Crippen molar-refractivity contribution in [3.63, 3.8) is 0 Å². The lowest BCUT2D eigenvalue weighted by atomic mass is 10.1. The van der Waals surface area contributed by atoms with Gasteiger partial charge in [-0.25, -0.2) is 9.97 Å². The Morgan fingerprint density at radius 1 is 1.48 bits per heavy atom. The molecule has 0 radical (unpaired) electrons. The van der Waals surface area contributed by atoms with Crippen LogP contribution >= 0.6 is 11.6 Å². The number of pyridine rings is 1. The first-order valence-corrected chi connectivity index (χ1v) is 8.24.